The summed E-state index contributed by atoms with van der Waals surface area (Å²) in [7, 11) is 0. The van der Waals surface area contributed by atoms with Gasteiger partial charge in [0, 0.05) is 6.42 Å². The third-order valence-corrected chi connectivity index (χ3v) is 3.58. The minimum atomic E-state index is -1.28. The first-order chi connectivity index (χ1) is 9.50. The summed E-state index contributed by atoms with van der Waals surface area (Å²) >= 11 is 0. The number of unbranched alkanes of at least 4 members (excludes halogenated alkanes) is 7. The van der Waals surface area contributed by atoms with Crippen LogP contribution in [-0.4, -0.2) is 22.2 Å². The van der Waals surface area contributed by atoms with Crippen molar-refractivity contribution in [3.8, 4) is 12.3 Å². The van der Waals surface area contributed by atoms with E-state index in [0.717, 1.165) is 32.1 Å². The van der Waals surface area contributed by atoms with Crippen LogP contribution in [-0.2, 0) is 9.59 Å². The van der Waals surface area contributed by atoms with Crippen molar-refractivity contribution in [2.24, 2.45) is 11.8 Å². The van der Waals surface area contributed by atoms with Crippen molar-refractivity contribution in [1.29, 1.82) is 0 Å². The number of hydrogen-bond acceptors (Lipinski definition) is 2. The standard InChI is InChI=1S/C16H26O4/c1-3-4-5-6-7-8-9-10-11-12-13(2)14(15(17)18)16(19)20/h1,13-14H,4-12H2,2H3,(H,17,18)(H,19,20). The fourth-order valence-corrected chi connectivity index (χ4v) is 2.34. The quantitative estimate of drug-likeness (QED) is 0.326. The minimum absolute atomic E-state index is 0.319. The summed E-state index contributed by atoms with van der Waals surface area (Å²) in [6.45, 7) is 1.70. The summed E-state index contributed by atoms with van der Waals surface area (Å²) in [5.41, 5.74) is 0. The van der Waals surface area contributed by atoms with Gasteiger partial charge in [0.25, 0.3) is 0 Å². The second kappa shape index (κ2) is 11.3. The maximum atomic E-state index is 10.8. The van der Waals surface area contributed by atoms with Crippen molar-refractivity contribution in [1.82, 2.24) is 0 Å². The Balaban J connectivity index is 3.61. The Labute approximate surface area is 121 Å². The van der Waals surface area contributed by atoms with Gasteiger partial charge in [0.2, 0.25) is 0 Å². The fraction of sp³-hybridized carbons (Fsp3) is 0.750. The molecule has 0 saturated carbocycles. The van der Waals surface area contributed by atoms with Gasteiger partial charge in [-0.1, -0.05) is 45.4 Å². The van der Waals surface area contributed by atoms with Crippen LogP contribution < -0.4 is 0 Å². The third kappa shape index (κ3) is 8.58. The van der Waals surface area contributed by atoms with Crippen LogP contribution in [0.25, 0.3) is 0 Å². The zero-order chi connectivity index (χ0) is 15.4. The summed E-state index contributed by atoms with van der Waals surface area (Å²) < 4.78 is 0. The minimum Gasteiger partial charge on any atom is -0.481 e. The molecule has 0 heterocycles. The number of rotatable bonds is 12. The zero-order valence-corrected chi connectivity index (χ0v) is 12.3. The average Bonchev–Trinajstić information content (AvgIpc) is 2.36. The van der Waals surface area contributed by atoms with E-state index in [-0.39, 0.29) is 5.92 Å². The molecule has 114 valence electrons. The van der Waals surface area contributed by atoms with Gasteiger partial charge in [0.15, 0.2) is 5.92 Å². The summed E-state index contributed by atoms with van der Waals surface area (Å²) in [5.74, 6) is -1.45. The van der Waals surface area contributed by atoms with E-state index in [2.05, 4.69) is 5.92 Å². The first-order valence-electron chi connectivity index (χ1n) is 7.39. The van der Waals surface area contributed by atoms with Gasteiger partial charge in [-0.3, -0.25) is 9.59 Å². The predicted octanol–water partition coefficient (Wildman–Crippen LogP) is 3.55. The van der Waals surface area contributed by atoms with Crippen LogP contribution in [0.2, 0.25) is 0 Å². The number of carboxylic acid groups (broad SMARTS) is 2. The average molecular weight is 282 g/mol. The Kier molecular flexibility index (Phi) is 10.5. The van der Waals surface area contributed by atoms with Crippen molar-refractivity contribution in [2.75, 3.05) is 0 Å². The lowest BCUT2D eigenvalue weighted by Gasteiger charge is -2.15. The fourth-order valence-electron chi connectivity index (χ4n) is 2.34. The smallest absolute Gasteiger partial charge is 0.318 e. The molecule has 0 aliphatic rings. The normalized spacial score (nSPS) is 12.1. The molecular weight excluding hydrogens is 256 g/mol. The van der Waals surface area contributed by atoms with Gasteiger partial charge in [0.1, 0.15) is 0 Å². The van der Waals surface area contributed by atoms with E-state index >= 15 is 0 Å². The SMILES string of the molecule is C#CCCCCCCCCCC(C)C(C(=O)O)C(=O)O. The molecule has 0 bridgehead atoms. The van der Waals surface area contributed by atoms with E-state index in [1.165, 1.54) is 19.3 Å². The number of aliphatic carboxylic acids is 2. The molecule has 0 rings (SSSR count). The molecule has 2 N–H and O–H groups in total. The van der Waals surface area contributed by atoms with Crippen LogP contribution >= 0.6 is 0 Å². The van der Waals surface area contributed by atoms with Crippen molar-refractivity contribution in [3.05, 3.63) is 0 Å². The van der Waals surface area contributed by atoms with E-state index in [9.17, 15) is 9.59 Å². The maximum Gasteiger partial charge on any atom is 0.318 e. The second-order valence-corrected chi connectivity index (χ2v) is 5.35. The van der Waals surface area contributed by atoms with Crippen LogP contribution in [0.15, 0.2) is 0 Å². The highest BCUT2D eigenvalue weighted by atomic mass is 16.4. The topological polar surface area (TPSA) is 74.6 Å². The van der Waals surface area contributed by atoms with Crippen LogP contribution in [0, 0.1) is 24.2 Å². The van der Waals surface area contributed by atoms with E-state index in [0.29, 0.717) is 6.42 Å². The molecular formula is C16H26O4. The van der Waals surface area contributed by atoms with Crippen molar-refractivity contribution in [2.45, 2.75) is 64.7 Å². The highest BCUT2D eigenvalue weighted by Gasteiger charge is 2.31. The summed E-state index contributed by atoms with van der Waals surface area (Å²) in [6, 6.07) is 0. The number of carbonyl (C=O) groups is 2. The van der Waals surface area contributed by atoms with Crippen LogP contribution in [0.5, 0.6) is 0 Å². The molecule has 0 aliphatic heterocycles. The predicted molar refractivity (Wildman–Crippen MR) is 78.3 cm³/mol. The molecule has 0 spiro atoms. The molecule has 4 heteroatoms. The Morgan fingerprint density at radius 1 is 0.950 bits per heavy atom. The van der Waals surface area contributed by atoms with Crippen molar-refractivity contribution < 1.29 is 19.8 Å². The highest BCUT2D eigenvalue weighted by Crippen LogP contribution is 2.20. The molecule has 20 heavy (non-hydrogen) atoms. The Hall–Kier alpha value is -1.50. The van der Waals surface area contributed by atoms with Gasteiger partial charge in [-0.25, -0.2) is 0 Å². The molecule has 4 nitrogen and oxygen atoms in total. The Bertz CT molecular complexity index is 316. The lowest BCUT2D eigenvalue weighted by Crippen LogP contribution is -2.29. The van der Waals surface area contributed by atoms with Gasteiger partial charge < -0.3 is 10.2 Å². The second-order valence-electron chi connectivity index (χ2n) is 5.35. The zero-order valence-electron chi connectivity index (χ0n) is 12.3. The first-order valence-corrected chi connectivity index (χ1v) is 7.39. The van der Waals surface area contributed by atoms with E-state index in [1.54, 1.807) is 6.92 Å². The Morgan fingerprint density at radius 2 is 1.40 bits per heavy atom. The monoisotopic (exact) mass is 282 g/mol. The lowest BCUT2D eigenvalue weighted by molar-refractivity contribution is -0.157. The number of hydrogen-bond donors (Lipinski definition) is 2. The molecule has 0 amide bonds. The van der Waals surface area contributed by atoms with E-state index in [1.807, 2.05) is 0 Å². The molecule has 1 atom stereocenters. The number of terminal acetylenes is 1. The molecule has 1 unspecified atom stereocenters. The van der Waals surface area contributed by atoms with Gasteiger partial charge in [-0.2, -0.15) is 0 Å². The maximum absolute atomic E-state index is 10.8. The molecule has 0 aromatic heterocycles. The van der Waals surface area contributed by atoms with E-state index in [4.69, 9.17) is 16.6 Å². The molecule has 0 aromatic rings. The lowest BCUT2D eigenvalue weighted by atomic mass is 9.89. The van der Waals surface area contributed by atoms with E-state index < -0.39 is 17.9 Å². The first kappa shape index (κ1) is 18.5. The van der Waals surface area contributed by atoms with Gasteiger partial charge in [-0.05, 0) is 18.8 Å². The molecule has 0 fully saturated rings. The molecule has 0 radical (unpaired) electrons. The summed E-state index contributed by atoms with van der Waals surface area (Å²) in [6.07, 6.45) is 14.3. The summed E-state index contributed by atoms with van der Waals surface area (Å²) in [4.78, 5) is 21.7. The van der Waals surface area contributed by atoms with Gasteiger partial charge >= 0.3 is 11.9 Å². The highest BCUT2D eigenvalue weighted by molar-refractivity contribution is 5.93. The van der Waals surface area contributed by atoms with Crippen molar-refractivity contribution in [3.63, 3.8) is 0 Å². The van der Waals surface area contributed by atoms with Crippen LogP contribution in [0.3, 0.4) is 0 Å². The number of carboxylic acids is 2. The van der Waals surface area contributed by atoms with Crippen LogP contribution in [0.1, 0.15) is 64.7 Å². The Morgan fingerprint density at radius 3 is 1.85 bits per heavy atom. The van der Waals surface area contributed by atoms with Gasteiger partial charge in [-0.15, -0.1) is 12.3 Å². The molecule has 0 aromatic carbocycles. The third-order valence-electron chi connectivity index (χ3n) is 3.58. The molecule has 0 aliphatic carbocycles. The largest absolute Gasteiger partial charge is 0.481 e. The van der Waals surface area contributed by atoms with Gasteiger partial charge in [0.05, 0.1) is 0 Å². The molecule has 0 saturated heterocycles. The summed E-state index contributed by atoms with van der Waals surface area (Å²) in [5, 5.41) is 17.7. The van der Waals surface area contributed by atoms with Crippen molar-refractivity contribution >= 4 is 11.9 Å². The van der Waals surface area contributed by atoms with Crippen LogP contribution in [0.4, 0.5) is 0 Å².